The van der Waals surface area contributed by atoms with Crippen LogP contribution in [0.15, 0.2) is 23.6 Å². The minimum Gasteiger partial charge on any atom is -0.466 e. The zero-order valence-electron chi connectivity index (χ0n) is 6.26. The summed E-state index contributed by atoms with van der Waals surface area (Å²) in [7, 11) is 1.25. The predicted molar refractivity (Wildman–Crippen MR) is 38.5 cm³/mol. The molecule has 0 heterocycles. The van der Waals surface area contributed by atoms with Gasteiger partial charge in [0, 0.05) is 0 Å². The van der Waals surface area contributed by atoms with Crippen LogP contribution in [0.1, 0.15) is 12.8 Å². The van der Waals surface area contributed by atoms with Crippen molar-refractivity contribution in [2.45, 2.75) is 12.8 Å². The number of esters is 1. The number of hydrogen-bond acceptors (Lipinski definition) is 2. The number of allylic oxidation sites excluding steroid dienone is 3. The highest BCUT2D eigenvalue weighted by atomic mass is 19.1. The van der Waals surface area contributed by atoms with Crippen LogP contribution in [-0.4, -0.2) is 13.1 Å². The number of hydrogen-bond donors (Lipinski definition) is 0. The van der Waals surface area contributed by atoms with E-state index in [0.717, 1.165) is 0 Å². The van der Waals surface area contributed by atoms with E-state index in [9.17, 15) is 9.18 Å². The highest BCUT2D eigenvalue weighted by Crippen LogP contribution is 2.20. The molecular weight excluding hydrogens is 147 g/mol. The van der Waals surface area contributed by atoms with Crippen LogP contribution >= 0.6 is 0 Å². The third kappa shape index (κ3) is 1.67. The van der Waals surface area contributed by atoms with Gasteiger partial charge in [-0.3, -0.25) is 0 Å². The van der Waals surface area contributed by atoms with E-state index in [0.29, 0.717) is 12.8 Å². The molecule has 0 fully saturated rings. The standard InChI is InChI=1S/C8H9FO2/c1-11-8(10)6-4-2-3-5-7(6)9/h3,5H,2,4H2,1H3. The average Bonchev–Trinajstić information content (AvgIpc) is 2.04. The molecule has 60 valence electrons. The van der Waals surface area contributed by atoms with E-state index in [1.165, 1.54) is 13.2 Å². The number of methoxy groups -OCH3 is 1. The molecule has 0 aliphatic heterocycles. The molecule has 1 aliphatic rings. The molecule has 0 aromatic carbocycles. The lowest BCUT2D eigenvalue weighted by atomic mass is 10.0. The molecule has 3 heteroatoms. The molecule has 2 nitrogen and oxygen atoms in total. The SMILES string of the molecule is COC(=O)C1=C(F)C=CCC1. The van der Waals surface area contributed by atoms with Crippen molar-refractivity contribution < 1.29 is 13.9 Å². The molecule has 0 bridgehead atoms. The van der Waals surface area contributed by atoms with Gasteiger partial charge in [0.05, 0.1) is 12.7 Å². The fraction of sp³-hybridized carbons (Fsp3) is 0.375. The van der Waals surface area contributed by atoms with E-state index in [1.807, 2.05) is 0 Å². The van der Waals surface area contributed by atoms with Crippen molar-refractivity contribution in [3.63, 3.8) is 0 Å². The fourth-order valence-corrected chi connectivity index (χ4v) is 0.957. The molecular formula is C8H9FO2. The van der Waals surface area contributed by atoms with Gasteiger partial charge >= 0.3 is 5.97 Å². The summed E-state index contributed by atoms with van der Waals surface area (Å²) >= 11 is 0. The quantitative estimate of drug-likeness (QED) is 0.540. The average molecular weight is 156 g/mol. The Kier molecular flexibility index (Phi) is 2.41. The maximum atomic E-state index is 12.8. The molecule has 0 aromatic rings. The number of halogens is 1. The highest BCUT2D eigenvalue weighted by Gasteiger charge is 2.16. The van der Waals surface area contributed by atoms with Crippen LogP contribution < -0.4 is 0 Å². The van der Waals surface area contributed by atoms with Crippen molar-refractivity contribution >= 4 is 5.97 Å². The highest BCUT2D eigenvalue weighted by molar-refractivity contribution is 5.89. The second-order valence-electron chi connectivity index (χ2n) is 2.26. The largest absolute Gasteiger partial charge is 0.466 e. The third-order valence-electron chi connectivity index (χ3n) is 1.55. The molecule has 1 rings (SSSR count). The van der Waals surface area contributed by atoms with Crippen LogP contribution in [0.3, 0.4) is 0 Å². The summed E-state index contributed by atoms with van der Waals surface area (Å²) in [5.74, 6) is -1.03. The lowest BCUT2D eigenvalue weighted by Gasteiger charge is -2.07. The number of ether oxygens (including phenoxy) is 1. The van der Waals surface area contributed by atoms with Crippen LogP contribution in [0.4, 0.5) is 4.39 Å². The first-order valence-electron chi connectivity index (χ1n) is 3.39. The monoisotopic (exact) mass is 156 g/mol. The predicted octanol–water partition coefficient (Wildman–Crippen LogP) is 1.73. The van der Waals surface area contributed by atoms with Crippen molar-refractivity contribution in [1.29, 1.82) is 0 Å². The van der Waals surface area contributed by atoms with E-state index < -0.39 is 11.8 Å². The topological polar surface area (TPSA) is 26.3 Å². The van der Waals surface area contributed by atoms with Gasteiger partial charge in [-0.1, -0.05) is 6.08 Å². The second kappa shape index (κ2) is 3.32. The Balaban J connectivity index is 2.83. The van der Waals surface area contributed by atoms with Crippen LogP contribution in [-0.2, 0) is 9.53 Å². The normalized spacial score (nSPS) is 16.9. The molecule has 0 N–H and O–H groups in total. The lowest BCUT2D eigenvalue weighted by Crippen LogP contribution is -2.07. The zero-order valence-corrected chi connectivity index (χ0v) is 6.26. The number of carbonyl (C=O) groups excluding carboxylic acids is 1. The van der Waals surface area contributed by atoms with Gasteiger partial charge in [-0.05, 0) is 18.9 Å². The van der Waals surface area contributed by atoms with Gasteiger partial charge in [-0.2, -0.15) is 0 Å². The van der Waals surface area contributed by atoms with E-state index in [-0.39, 0.29) is 5.57 Å². The molecule has 1 aliphatic carbocycles. The minimum atomic E-state index is -0.563. The van der Waals surface area contributed by atoms with Gasteiger partial charge in [-0.15, -0.1) is 0 Å². The van der Waals surface area contributed by atoms with Crippen molar-refractivity contribution in [3.8, 4) is 0 Å². The Morgan fingerprint density at radius 2 is 2.45 bits per heavy atom. The summed E-state index contributed by atoms with van der Waals surface area (Å²) in [5, 5.41) is 0. The smallest absolute Gasteiger partial charge is 0.336 e. The lowest BCUT2D eigenvalue weighted by molar-refractivity contribution is -0.136. The summed E-state index contributed by atoms with van der Waals surface area (Å²) in [4.78, 5) is 10.8. The molecule has 0 radical (unpaired) electrons. The number of carbonyl (C=O) groups is 1. The molecule has 0 saturated carbocycles. The fourth-order valence-electron chi connectivity index (χ4n) is 0.957. The zero-order chi connectivity index (χ0) is 8.27. The molecule has 0 saturated heterocycles. The van der Waals surface area contributed by atoms with Crippen LogP contribution in [0, 0.1) is 0 Å². The van der Waals surface area contributed by atoms with E-state index in [4.69, 9.17) is 0 Å². The second-order valence-corrected chi connectivity index (χ2v) is 2.26. The summed E-state index contributed by atoms with van der Waals surface area (Å²) in [5.41, 5.74) is 0.148. The van der Waals surface area contributed by atoms with Crippen molar-refractivity contribution in [1.82, 2.24) is 0 Å². The van der Waals surface area contributed by atoms with Gasteiger partial charge < -0.3 is 4.74 Å². The van der Waals surface area contributed by atoms with Crippen molar-refractivity contribution in [3.05, 3.63) is 23.6 Å². The van der Waals surface area contributed by atoms with Gasteiger partial charge in [-0.25, -0.2) is 9.18 Å². The molecule has 0 spiro atoms. The molecule has 0 unspecified atom stereocenters. The number of rotatable bonds is 1. The van der Waals surface area contributed by atoms with Gasteiger partial charge in [0.1, 0.15) is 5.83 Å². The van der Waals surface area contributed by atoms with Crippen LogP contribution in [0.5, 0.6) is 0 Å². The third-order valence-corrected chi connectivity index (χ3v) is 1.55. The Morgan fingerprint density at radius 3 is 3.00 bits per heavy atom. The van der Waals surface area contributed by atoms with Gasteiger partial charge in [0.25, 0.3) is 0 Å². The first-order chi connectivity index (χ1) is 5.25. The van der Waals surface area contributed by atoms with Crippen LogP contribution in [0.25, 0.3) is 0 Å². The van der Waals surface area contributed by atoms with E-state index >= 15 is 0 Å². The molecule has 0 aromatic heterocycles. The minimum absolute atomic E-state index is 0.148. The van der Waals surface area contributed by atoms with E-state index in [2.05, 4.69) is 4.74 Å². The molecule has 0 atom stereocenters. The summed E-state index contributed by atoms with van der Waals surface area (Å²) in [6.07, 6.45) is 4.14. The molecule has 11 heavy (non-hydrogen) atoms. The maximum absolute atomic E-state index is 12.8. The Labute approximate surface area is 64.3 Å². The summed E-state index contributed by atoms with van der Waals surface area (Å²) < 4.78 is 17.2. The van der Waals surface area contributed by atoms with Crippen molar-refractivity contribution in [2.75, 3.05) is 7.11 Å². The Bertz CT molecular complexity index is 228. The first-order valence-corrected chi connectivity index (χ1v) is 3.39. The first kappa shape index (κ1) is 7.98. The summed E-state index contributed by atoms with van der Waals surface area (Å²) in [6, 6.07) is 0. The molecule has 0 amide bonds. The van der Waals surface area contributed by atoms with Gasteiger partial charge in [0.2, 0.25) is 0 Å². The summed E-state index contributed by atoms with van der Waals surface area (Å²) in [6.45, 7) is 0. The Hall–Kier alpha value is -1.12. The van der Waals surface area contributed by atoms with Crippen LogP contribution in [0.2, 0.25) is 0 Å². The van der Waals surface area contributed by atoms with E-state index in [1.54, 1.807) is 6.08 Å². The maximum Gasteiger partial charge on any atom is 0.336 e. The van der Waals surface area contributed by atoms with Crippen molar-refractivity contribution in [2.24, 2.45) is 0 Å². The van der Waals surface area contributed by atoms with Gasteiger partial charge in [0.15, 0.2) is 0 Å². The Morgan fingerprint density at radius 1 is 1.73 bits per heavy atom.